The van der Waals surface area contributed by atoms with Crippen molar-refractivity contribution < 1.29 is 9.21 Å². The number of furan rings is 1. The van der Waals surface area contributed by atoms with E-state index in [1.807, 2.05) is 31.7 Å². The molecule has 1 amide bonds. The van der Waals surface area contributed by atoms with Gasteiger partial charge in [0, 0.05) is 24.6 Å². The molecule has 24 heavy (non-hydrogen) atoms. The molecule has 0 bridgehead atoms. The predicted octanol–water partition coefficient (Wildman–Crippen LogP) is 2.71. The molecule has 0 aromatic carbocycles. The summed E-state index contributed by atoms with van der Waals surface area (Å²) in [6.45, 7) is 7.10. The molecular weight excluding hydrogens is 306 g/mol. The fraction of sp³-hybridized carbons (Fsp3) is 0.500. The molecule has 1 aliphatic heterocycles. The number of nitrogens with zero attached hydrogens (tertiary/aromatic N) is 3. The van der Waals surface area contributed by atoms with Crippen molar-refractivity contribution in [2.24, 2.45) is 5.41 Å². The molecule has 1 fully saturated rings. The zero-order valence-corrected chi connectivity index (χ0v) is 14.4. The number of likely N-dealkylation sites (tertiary alicyclic amines) is 1. The number of hydrogen-bond donors (Lipinski definition) is 0. The quantitative estimate of drug-likeness (QED) is 0.849. The molecule has 0 radical (unpaired) electrons. The van der Waals surface area contributed by atoms with Crippen molar-refractivity contribution in [3.05, 3.63) is 40.9 Å². The lowest BCUT2D eigenvalue weighted by Gasteiger charge is -2.35. The van der Waals surface area contributed by atoms with Gasteiger partial charge in [-0.05, 0) is 31.0 Å². The second-order valence-corrected chi connectivity index (χ2v) is 7.25. The molecule has 128 valence electrons. The maximum atomic E-state index is 12.4. The second-order valence-electron chi connectivity index (χ2n) is 7.25. The van der Waals surface area contributed by atoms with Crippen LogP contribution in [0.3, 0.4) is 0 Å². The number of rotatable bonds is 2. The summed E-state index contributed by atoms with van der Waals surface area (Å²) in [4.78, 5) is 26.5. The van der Waals surface area contributed by atoms with Gasteiger partial charge in [-0.25, -0.2) is 4.68 Å². The fourth-order valence-electron chi connectivity index (χ4n) is 3.03. The fourth-order valence-corrected chi connectivity index (χ4v) is 3.03. The maximum absolute atomic E-state index is 12.4. The van der Waals surface area contributed by atoms with Crippen molar-refractivity contribution in [2.75, 3.05) is 13.1 Å². The average molecular weight is 329 g/mol. The summed E-state index contributed by atoms with van der Waals surface area (Å²) >= 11 is 0. The van der Waals surface area contributed by atoms with E-state index in [9.17, 15) is 9.59 Å². The summed E-state index contributed by atoms with van der Waals surface area (Å²) in [6.07, 6.45) is 3.05. The number of carbonyl (C=O) groups excluding carboxylic acids is 1. The lowest BCUT2D eigenvalue weighted by Crippen LogP contribution is -2.45. The van der Waals surface area contributed by atoms with Gasteiger partial charge in [-0.15, -0.1) is 0 Å². The summed E-state index contributed by atoms with van der Waals surface area (Å²) < 4.78 is 6.90. The maximum Gasteiger partial charge on any atom is 0.267 e. The molecule has 1 saturated heterocycles. The monoisotopic (exact) mass is 329 g/mol. The SMILES string of the molecule is CC(C)(C)C(=O)N1CCC(n2nc(-c3ccco3)ccc2=O)CC1. The normalized spacial score (nSPS) is 16.4. The summed E-state index contributed by atoms with van der Waals surface area (Å²) in [5.41, 5.74) is 0.153. The van der Waals surface area contributed by atoms with E-state index in [-0.39, 0.29) is 22.9 Å². The number of piperidine rings is 1. The van der Waals surface area contributed by atoms with Gasteiger partial charge in [0.2, 0.25) is 5.91 Å². The highest BCUT2D eigenvalue weighted by molar-refractivity contribution is 5.81. The van der Waals surface area contributed by atoms with Crippen LogP contribution in [0.2, 0.25) is 0 Å². The lowest BCUT2D eigenvalue weighted by molar-refractivity contribution is -0.140. The van der Waals surface area contributed by atoms with Gasteiger partial charge in [0.25, 0.3) is 5.56 Å². The van der Waals surface area contributed by atoms with E-state index in [2.05, 4.69) is 5.10 Å². The average Bonchev–Trinajstić information content (AvgIpc) is 3.08. The van der Waals surface area contributed by atoms with Gasteiger partial charge in [0.1, 0.15) is 5.69 Å². The molecule has 0 saturated carbocycles. The number of aromatic nitrogens is 2. The third-order valence-corrected chi connectivity index (χ3v) is 4.34. The van der Waals surface area contributed by atoms with Crippen molar-refractivity contribution >= 4 is 5.91 Å². The van der Waals surface area contributed by atoms with Crippen LogP contribution in [0.25, 0.3) is 11.5 Å². The van der Waals surface area contributed by atoms with E-state index in [0.29, 0.717) is 24.5 Å². The molecule has 0 unspecified atom stereocenters. The van der Waals surface area contributed by atoms with Crippen LogP contribution in [-0.2, 0) is 4.79 Å². The third-order valence-electron chi connectivity index (χ3n) is 4.34. The van der Waals surface area contributed by atoms with Crippen molar-refractivity contribution in [3.63, 3.8) is 0 Å². The summed E-state index contributed by atoms with van der Waals surface area (Å²) in [6, 6.07) is 6.83. The van der Waals surface area contributed by atoms with Crippen molar-refractivity contribution in [3.8, 4) is 11.5 Å². The van der Waals surface area contributed by atoms with Gasteiger partial charge >= 0.3 is 0 Å². The molecule has 0 atom stereocenters. The molecule has 2 aromatic rings. The topological polar surface area (TPSA) is 68.3 Å². The molecule has 6 heteroatoms. The Morgan fingerprint density at radius 2 is 1.92 bits per heavy atom. The predicted molar refractivity (Wildman–Crippen MR) is 90.5 cm³/mol. The number of hydrogen-bond acceptors (Lipinski definition) is 4. The van der Waals surface area contributed by atoms with Gasteiger partial charge in [0.05, 0.1) is 12.3 Å². The Balaban J connectivity index is 1.76. The van der Waals surface area contributed by atoms with Crippen LogP contribution >= 0.6 is 0 Å². The van der Waals surface area contributed by atoms with Gasteiger partial charge in [-0.3, -0.25) is 9.59 Å². The molecular formula is C18H23N3O3. The largest absolute Gasteiger partial charge is 0.463 e. The van der Waals surface area contributed by atoms with Crippen molar-refractivity contribution in [2.45, 2.75) is 39.7 Å². The molecule has 0 N–H and O–H groups in total. The highest BCUT2D eigenvalue weighted by Gasteiger charge is 2.31. The lowest BCUT2D eigenvalue weighted by atomic mass is 9.93. The smallest absolute Gasteiger partial charge is 0.267 e. The number of carbonyl (C=O) groups is 1. The van der Waals surface area contributed by atoms with Gasteiger partial charge in [0.15, 0.2) is 5.76 Å². The molecule has 3 rings (SSSR count). The molecule has 0 spiro atoms. The van der Waals surface area contributed by atoms with E-state index in [1.165, 1.54) is 10.7 Å². The molecule has 6 nitrogen and oxygen atoms in total. The third kappa shape index (κ3) is 3.27. The van der Waals surface area contributed by atoms with Crippen LogP contribution in [0.4, 0.5) is 0 Å². The Labute approximate surface area is 141 Å². The zero-order chi connectivity index (χ0) is 17.3. The first-order valence-corrected chi connectivity index (χ1v) is 8.29. The zero-order valence-electron chi connectivity index (χ0n) is 14.4. The van der Waals surface area contributed by atoms with E-state index >= 15 is 0 Å². The Kier molecular flexibility index (Phi) is 4.30. The van der Waals surface area contributed by atoms with Crippen molar-refractivity contribution in [1.82, 2.24) is 14.7 Å². The van der Waals surface area contributed by atoms with Gasteiger partial charge in [-0.2, -0.15) is 5.10 Å². The highest BCUT2D eigenvalue weighted by Crippen LogP contribution is 2.26. The van der Waals surface area contributed by atoms with Crippen LogP contribution in [0, 0.1) is 5.41 Å². The second kappa shape index (κ2) is 6.26. The molecule has 3 heterocycles. The minimum Gasteiger partial charge on any atom is -0.463 e. The first-order chi connectivity index (χ1) is 11.4. The van der Waals surface area contributed by atoms with Crippen molar-refractivity contribution in [1.29, 1.82) is 0 Å². The van der Waals surface area contributed by atoms with E-state index in [4.69, 9.17) is 4.42 Å². The van der Waals surface area contributed by atoms with Gasteiger partial charge in [-0.1, -0.05) is 20.8 Å². The van der Waals surface area contributed by atoms with Crippen LogP contribution in [0.5, 0.6) is 0 Å². The molecule has 0 aliphatic carbocycles. The Hall–Kier alpha value is -2.37. The highest BCUT2D eigenvalue weighted by atomic mass is 16.3. The first kappa shape index (κ1) is 16.5. The van der Waals surface area contributed by atoms with Crippen LogP contribution < -0.4 is 5.56 Å². The van der Waals surface area contributed by atoms with Crippen LogP contribution in [0.15, 0.2) is 39.7 Å². The molecule has 1 aliphatic rings. The summed E-state index contributed by atoms with van der Waals surface area (Å²) in [5.74, 6) is 0.801. The minimum absolute atomic E-state index is 0.0106. The van der Waals surface area contributed by atoms with Crippen LogP contribution in [0.1, 0.15) is 39.7 Å². The van der Waals surface area contributed by atoms with E-state index in [0.717, 1.165) is 12.8 Å². The summed E-state index contributed by atoms with van der Waals surface area (Å²) in [7, 11) is 0. The Morgan fingerprint density at radius 3 is 2.50 bits per heavy atom. The number of amides is 1. The Bertz CT molecular complexity index is 764. The van der Waals surface area contributed by atoms with Crippen LogP contribution in [-0.4, -0.2) is 33.7 Å². The summed E-state index contributed by atoms with van der Waals surface area (Å²) in [5, 5.41) is 4.46. The standard InChI is InChI=1S/C18H23N3O3/c1-18(2,3)17(23)20-10-8-13(9-11-20)21-16(22)7-6-14(19-21)15-5-4-12-24-15/h4-7,12-13H,8-11H2,1-3H3. The van der Waals surface area contributed by atoms with E-state index < -0.39 is 0 Å². The van der Waals surface area contributed by atoms with Gasteiger partial charge < -0.3 is 9.32 Å². The Morgan fingerprint density at radius 1 is 1.21 bits per heavy atom. The first-order valence-electron chi connectivity index (χ1n) is 8.29. The minimum atomic E-state index is -0.374. The van der Waals surface area contributed by atoms with E-state index in [1.54, 1.807) is 18.4 Å². The molecule has 2 aromatic heterocycles.